The number of rotatable bonds is 11. The van der Waals surface area contributed by atoms with Crippen LogP contribution in [0.1, 0.15) is 69.9 Å². The maximum Gasteiger partial charge on any atom is 0.0879 e. The Bertz CT molecular complexity index is 866. The molecule has 0 amide bonds. The molecule has 0 radical (unpaired) electrons. The van der Waals surface area contributed by atoms with Crippen LogP contribution in [0.4, 0.5) is 0 Å². The second kappa shape index (κ2) is 12.1. The third kappa shape index (κ3) is 5.69. The average molecular weight is 472 g/mol. The van der Waals surface area contributed by atoms with E-state index in [1.807, 2.05) is 18.2 Å². The molecule has 0 N–H and O–H groups in total. The van der Waals surface area contributed by atoms with Crippen molar-refractivity contribution in [3.8, 4) is 6.07 Å². The van der Waals surface area contributed by atoms with Crippen LogP contribution in [0.25, 0.3) is 0 Å². The first kappa shape index (κ1) is 25.1. The number of halogens is 2. The minimum absolute atomic E-state index is 0.321. The summed E-state index contributed by atoms with van der Waals surface area (Å²) in [4.78, 5) is 2.58. The van der Waals surface area contributed by atoms with Crippen molar-refractivity contribution in [2.45, 2.75) is 76.7 Å². The van der Waals surface area contributed by atoms with Crippen molar-refractivity contribution in [1.29, 1.82) is 5.26 Å². The van der Waals surface area contributed by atoms with Crippen LogP contribution in [0.15, 0.2) is 48.5 Å². The summed E-state index contributed by atoms with van der Waals surface area (Å²) in [6, 6.07) is 19.6. The topological polar surface area (TPSA) is 27.0 Å². The lowest BCUT2D eigenvalue weighted by Gasteiger charge is -2.38. The van der Waals surface area contributed by atoms with E-state index in [2.05, 4.69) is 55.1 Å². The van der Waals surface area contributed by atoms with E-state index < -0.39 is 5.41 Å². The molecule has 1 aliphatic rings. The van der Waals surface area contributed by atoms with E-state index in [4.69, 9.17) is 23.2 Å². The summed E-state index contributed by atoms with van der Waals surface area (Å²) in [7, 11) is 0. The Morgan fingerprint density at radius 2 is 1.69 bits per heavy atom. The van der Waals surface area contributed by atoms with Crippen LogP contribution in [-0.2, 0) is 11.8 Å². The lowest BCUT2D eigenvalue weighted by Crippen LogP contribution is -2.40. The number of nitriles is 1. The van der Waals surface area contributed by atoms with Crippen molar-refractivity contribution >= 4 is 23.2 Å². The van der Waals surface area contributed by atoms with Gasteiger partial charge in [-0.3, -0.25) is 0 Å². The van der Waals surface area contributed by atoms with E-state index in [-0.39, 0.29) is 0 Å². The van der Waals surface area contributed by atoms with Crippen molar-refractivity contribution in [2.75, 3.05) is 13.1 Å². The molecule has 1 saturated carbocycles. The normalized spacial score (nSPS) is 17.2. The zero-order valence-corrected chi connectivity index (χ0v) is 21.0. The van der Waals surface area contributed by atoms with Gasteiger partial charge in [0, 0.05) is 28.2 Å². The van der Waals surface area contributed by atoms with Gasteiger partial charge in [0.05, 0.1) is 11.5 Å². The summed E-state index contributed by atoms with van der Waals surface area (Å²) in [5.74, 6) is 0.321. The molecule has 172 valence electrons. The molecule has 32 heavy (non-hydrogen) atoms. The molecule has 2 nitrogen and oxygen atoms in total. The average Bonchev–Trinajstić information content (AvgIpc) is 3.36. The van der Waals surface area contributed by atoms with Crippen molar-refractivity contribution in [2.24, 2.45) is 5.92 Å². The van der Waals surface area contributed by atoms with Gasteiger partial charge in [0.15, 0.2) is 0 Å². The monoisotopic (exact) mass is 470 g/mol. The van der Waals surface area contributed by atoms with E-state index in [1.54, 1.807) is 0 Å². The van der Waals surface area contributed by atoms with Gasteiger partial charge in [-0.15, -0.1) is 0 Å². The minimum Gasteiger partial charge on any atom is -0.300 e. The highest BCUT2D eigenvalue weighted by Crippen LogP contribution is 2.49. The second-order valence-electron chi connectivity index (χ2n) is 9.13. The standard InChI is InChI=1S/C28H36Cl2N2/c1-3-24(32(4-2)20-18-22-11-6-5-7-12-22)17-19-28(21-31,23-13-8-9-14-23)27-25(29)15-10-16-26(27)30/h5-7,10-12,15-16,23-24H,3-4,8-9,13-14,17-20H2,1-2H3. The Labute approximate surface area is 204 Å². The number of hydrogen-bond donors (Lipinski definition) is 0. The molecule has 2 aromatic carbocycles. The van der Waals surface area contributed by atoms with E-state index in [1.165, 1.54) is 18.4 Å². The summed E-state index contributed by atoms with van der Waals surface area (Å²) in [5, 5.41) is 11.9. The largest absolute Gasteiger partial charge is 0.300 e. The molecule has 0 aromatic heterocycles. The smallest absolute Gasteiger partial charge is 0.0879 e. The second-order valence-corrected chi connectivity index (χ2v) is 9.94. The van der Waals surface area contributed by atoms with Crippen LogP contribution in [0.5, 0.6) is 0 Å². The van der Waals surface area contributed by atoms with Crippen LogP contribution < -0.4 is 0 Å². The number of benzene rings is 2. The highest BCUT2D eigenvalue weighted by Gasteiger charge is 2.44. The van der Waals surface area contributed by atoms with Gasteiger partial charge < -0.3 is 4.90 Å². The molecule has 0 bridgehead atoms. The summed E-state index contributed by atoms with van der Waals surface area (Å²) >= 11 is 13.4. The maximum absolute atomic E-state index is 10.6. The zero-order chi connectivity index (χ0) is 23.0. The Morgan fingerprint density at radius 3 is 2.25 bits per heavy atom. The van der Waals surface area contributed by atoms with Crippen LogP contribution >= 0.6 is 23.2 Å². The Hall–Kier alpha value is -1.53. The molecule has 1 aliphatic carbocycles. The number of hydrogen-bond acceptors (Lipinski definition) is 2. The van der Waals surface area contributed by atoms with Gasteiger partial charge in [-0.2, -0.15) is 5.26 Å². The predicted octanol–water partition coefficient (Wildman–Crippen LogP) is 8.07. The van der Waals surface area contributed by atoms with Gasteiger partial charge in [-0.05, 0) is 68.7 Å². The first-order valence-electron chi connectivity index (χ1n) is 12.2. The minimum atomic E-state index is -0.613. The first-order valence-corrected chi connectivity index (χ1v) is 12.9. The molecule has 2 unspecified atom stereocenters. The van der Waals surface area contributed by atoms with Gasteiger partial charge in [-0.25, -0.2) is 0 Å². The van der Waals surface area contributed by atoms with E-state index in [0.717, 1.165) is 57.2 Å². The Kier molecular flexibility index (Phi) is 9.47. The molecule has 0 aliphatic heterocycles. The van der Waals surface area contributed by atoms with Gasteiger partial charge >= 0.3 is 0 Å². The van der Waals surface area contributed by atoms with E-state index >= 15 is 0 Å². The fourth-order valence-electron chi connectivity index (χ4n) is 5.63. The van der Waals surface area contributed by atoms with Crippen LogP contribution in [0, 0.1) is 17.2 Å². The molecule has 3 rings (SSSR count). The summed E-state index contributed by atoms with van der Waals surface area (Å²) < 4.78 is 0. The van der Waals surface area contributed by atoms with Gasteiger partial charge in [0.1, 0.15) is 0 Å². The van der Waals surface area contributed by atoms with Crippen molar-refractivity contribution in [3.63, 3.8) is 0 Å². The molecular formula is C28H36Cl2N2. The Morgan fingerprint density at radius 1 is 1.03 bits per heavy atom. The fourth-order valence-corrected chi connectivity index (χ4v) is 6.37. The third-order valence-corrected chi connectivity index (χ3v) is 8.09. The molecule has 0 spiro atoms. The third-order valence-electron chi connectivity index (χ3n) is 7.46. The quantitative estimate of drug-likeness (QED) is 0.331. The number of likely N-dealkylation sites (N-methyl/N-ethyl adjacent to an activating group) is 1. The van der Waals surface area contributed by atoms with Crippen LogP contribution in [-0.4, -0.2) is 24.0 Å². The molecule has 4 heteroatoms. The fraction of sp³-hybridized carbons (Fsp3) is 0.536. The predicted molar refractivity (Wildman–Crippen MR) is 136 cm³/mol. The lowest BCUT2D eigenvalue weighted by atomic mass is 9.67. The van der Waals surface area contributed by atoms with Crippen molar-refractivity contribution in [1.82, 2.24) is 4.90 Å². The van der Waals surface area contributed by atoms with Gasteiger partial charge in [-0.1, -0.05) is 86.3 Å². The lowest BCUT2D eigenvalue weighted by molar-refractivity contribution is 0.175. The molecule has 2 aromatic rings. The zero-order valence-electron chi connectivity index (χ0n) is 19.5. The van der Waals surface area contributed by atoms with Crippen molar-refractivity contribution < 1.29 is 0 Å². The number of nitrogens with zero attached hydrogens (tertiary/aromatic N) is 2. The summed E-state index contributed by atoms with van der Waals surface area (Å²) in [6.07, 6.45) is 8.44. The maximum atomic E-state index is 10.6. The first-order chi connectivity index (χ1) is 15.6. The molecule has 2 atom stereocenters. The molecule has 0 saturated heterocycles. The highest BCUT2D eigenvalue weighted by molar-refractivity contribution is 6.36. The Balaban J connectivity index is 1.81. The van der Waals surface area contributed by atoms with E-state index in [0.29, 0.717) is 22.0 Å². The van der Waals surface area contributed by atoms with Gasteiger partial charge in [0.2, 0.25) is 0 Å². The molecule has 1 fully saturated rings. The SMILES string of the molecule is CCC(CCC(C#N)(c1c(Cl)cccc1Cl)C1CCCC1)N(CC)CCc1ccccc1. The molecular weight excluding hydrogens is 435 g/mol. The van der Waals surface area contributed by atoms with Crippen LogP contribution in [0.3, 0.4) is 0 Å². The van der Waals surface area contributed by atoms with E-state index in [9.17, 15) is 5.26 Å². The summed E-state index contributed by atoms with van der Waals surface area (Å²) in [6.45, 7) is 6.56. The molecule has 0 heterocycles. The van der Waals surface area contributed by atoms with Crippen LogP contribution in [0.2, 0.25) is 10.0 Å². The van der Waals surface area contributed by atoms with Gasteiger partial charge in [0.25, 0.3) is 0 Å². The van der Waals surface area contributed by atoms with Crippen molar-refractivity contribution in [3.05, 3.63) is 69.7 Å². The summed E-state index contributed by atoms with van der Waals surface area (Å²) in [5.41, 5.74) is 1.62. The highest BCUT2D eigenvalue weighted by atomic mass is 35.5.